The molecule has 0 fully saturated rings. The van der Waals surface area contributed by atoms with Gasteiger partial charge in [0.25, 0.3) is 0 Å². The van der Waals surface area contributed by atoms with Gasteiger partial charge in [0.1, 0.15) is 30.5 Å². The third kappa shape index (κ3) is 3.31. The molecule has 4 atom stereocenters. The van der Waals surface area contributed by atoms with Crippen LogP contribution in [0.2, 0.25) is 0 Å². The number of anilines is 1. The van der Waals surface area contributed by atoms with Crippen LogP contribution in [0.3, 0.4) is 0 Å². The molecule has 10 heteroatoms. The number of aryl methyl sites for hydroxylation is 1. The van der Waals surface area contributed by atoms with Crippen molar-refractivity contribution in [2.75, 3.05) is 18.5 Å². The molecule has 0 spiro atoms. The second-order valence-corrected chi connectivity index (χ2v) is 4.91. The minimum atomic E-state index is -1.66. The molecule has 0 bridgehead atoms. The van der Waals surface area contributed by atoms with Crippen molar-refractivity contribution in [2.45, 2.75) is 24.4 Å². The summed E-state index contributed by atoms with van der Waals surface area (Å²) < 4.78 is 1.56. The van der Waals surface area contributed by atoms with Crippen LogP contribution in [0.1, 0.15) is 0 Å². The van der Waals surface area contributed by atoms with E-state index < -0.39 is 31.0 Å². The van der Waals surface area contributed by atoms with Gasteiger partial charge in [0.05, 0.1) is 24.3 Å². The van der Waals surface area contributed by atoms with Gasteiger partial charge in [0, 0.05) is 13.6 Å². The fraction of sp³-hybridized carbons (Fsp3) is 0.583. The fourth-order valence-corrected chi connectivity index (χ4v) is 1.99. The van der Waals surface area contributed by atoms with E-state index in [9.17, 15) is 20.4 Å². The number of rotatable bonds is 7. The van der Waals surface area contributed by atoms with E-state index in [-0.39, 0.29) is 6.54 Å². The third-order valence-electron chi connectivity index (χ3n) is 3.33. The summed E-state index contributed by atoms with van der Waals surface area (Å²) in [5.41, 5.74) is 0.600. The highest BCUT2D eigenvalue weighted by atomic mass is 16.4. The second-order valence-electron chi connectivity index (χ2n) is 4.91. The lowest BCUT2D eigenvalue weighted by molar-refractivity contribution is -0.111. The zero-order chi connectivity index (χ0) is 16.3. The maximum Gasteiger partial charge on any atom is 0.163 e. The van der Waals surface area contributed by atoms with Crippen molar-refractivity contribution in [1.82, 2.24) is 19.7 Å². The molecule has 0 saturated heterocycles. The first kappa shape index (κ1) is 16.5. The average Bonchev–Trinajstić information content (AvgIpc) is 2.92. The third-order valence-corrected chi connectivity index (χ3v) is 3.33. The van der Waals surface area contributed by atoms with Gasteiger partial charge in [-0.15, -0.1) is 0 Å². The van der Waals surface area contributed by atoms with Crippen LogP contribution in [0.25, 0.3) is 11.0 Å². The lowest BCUT2D eigenvalue weighted by Crippen LogP contribution is -2.48. The Morgan fingerprint density at radius 1 is 1.14 bits per heavy atom. The summed E-state index contributed by atoms with van der Waals surface area (Å²) in [4.78, 5) is 8.09. The van der Waals surface area contributed by atoms with E-state index in [1.165, 1.54) is 6.33 Å². The lowest BCUT2D eigenvalue weighted by atomic mass is 10.0. The highest BCUT2D eigenvalue weighted by Gasteiger charge is 2.30. The highest BCUT2D eigenvalue weighted by Crippen LogP contribution is 2.18. The van der Waals surface area contributed by atoms with Gasteiger partial charge in [0.15, 0.2) is 5.65 Å². The Morgan fingerprint density at radius 3 is 2.50 bits per heavy atom. The molecule has 0 amide bonds. The summed E-state index contributed by atoms with van der Waals surface area (Å²) in [6, 6.07) is 0. The summed E-state index contributed by atoms with van der Waals surface area (Å²) >= 11 is 0. The maximum atomic E-state index is 9.84. The van der Waals surface area contributed by atoms with Crippen LogP contribution in [0.4, 0.5) is 5.82 Å². The Balaban J connectivity index is 2.02. The molecule has 2 rings (SSSR count). The molecular weight excluding hydrogens is 294 g/mol. The van der Waals surface area contributed by atoms with Gasteiger partial charge in [-0.2, -0.15) is 5.10 Å². The standard InChI is InChI=1S/C12H19N5O5/c1-17-12-6(2-16-17)11(14-5-15-12)13-3-7(19)9(21)10(22)8(20)4-18/h2,5,7-10,18-22H,3-4H2,1H3,(H,13,14,15)/t7-,8+,9+,10+/m0/s1. The molecule has 0 aliphatic rings. The Labute approximate surface area is 125 Å². The number of aliphatic hydroxyl groups excluding tert-OH is 5. The van der Waals surface area contributed by atoms with Crippen molar-refractivity contribution in [3.8, 4) is 0 Å². The first-order valence-electron chi connectivity index (χ1n) is 6.65. The average molecular weight is 313 g/mol. The summed E-state index contributed by atoms with van der Waals surface area (Å²) in [7, 11) is 1.73. The van der Waals surface area contributed by atoms with Crippen molar-refractivity contribution >= 4 is 16.9 Å². The zero-order valence-electron chi connectivity index (χ0n) is 11.9. The molecule has 0 saturated carbocycles. The van der Waals surface area contributed by atoms with Gasteiger partial charge < -0.3 is 30.8 Å². The molecule has 22 heavy (non-hydrogen) atoms. The summed E-state index contributed by atoms with van der Waals surface area (Å²) in [6.07, 6.45) is -3.30. The monoisotopic (exact) mass is 313 g/mol. The molecule has 2 heterocycles. The molecule has 0 radical (unpaired) electrons. The molecule has 0 aromatic carbocycles. The molecule has 0 aliphatic heterocycles. The Hall–Kier alpha value is -1.85. The number of fused-ring (bicyclic) bond motifs is 1. The first-order valence-corrected chi connectivity index (χ1v) is 6.65. The van der Waals surface area contributed by atoms with Crippen molar-refractivity contribution in [3.05, 3.63) is 12.5 Å². The van der Waals surface area contributed by atoms with E-state index in [4.69, 9.17) is 5.11 Å². The van der Waals surface area contributed by atoms with E-state index in [0.717, 1.165) is 0 Å². The SMILES string of the molecule is Cn1ncc2c(NC[C@H](O)[C@@H](O)[C@H](O)[C@H](O)CO)ncnc21. The van der Waals surface area contributed by atoms with Gasteiger partial charge >= 0.3 is 0 Å². The maximum absolute atomic E-state index is 9.84. The van der Waals surface area contributed by atoms with Crippen LogP contribution < -0.4 is 5.32 Å². The molecular formula is C12H19N5O5. The first-order chi connectivity index (χ1) is 10.5. The van der Waals surface area contributed by atoms with E-state index in [1.807, 2.05) is 0 Å². The quantitative estimate of drug-likeness (QED) is 0.318. The van der Waals surface area contributed by atoms with Crippen molar-refractivity contribution < 1.29 is 25.5 Å². The van der Waals surface area contributed by atoms with E-state index >= 15 is 0 Å². The smallest absolute Gasteiger partial charge is 0.163 e. The minimum Gasteiger partial charge on any atom is -0.394 e. The fourth-order valence-electron chi connectivity index (χ4n) is 1.99. The molecule has 2 aromatic rings. The van der Waals surface area contributed by atoms with Gasteiger partial charge in [-0.25, -0.2) is 9.97 Å². The Morgan fingerprint density at radius 2 is 1.82 bits per heavy atom. The van der Waals surface area contributed by atoms with Crippen LogP contribution in [-0.2, 0) is 7.05 Å². The van der Waals surface area contributed by atoms with Gasteiger partial charge in [0.2, 0.25) is 0 Å². The lowest BCUT2D eigenvalue weighted by Gasteiger charge is -2.25. The van der Waals surface area contributed by atoms with E-state index in [2.05, 4.69) is 20.4 Å². The molecule has 0 unspecified atom stereocenters. The topological polar surface area (TPSA) is 157 Å². The zero-order valence-corrected chi connectivity index (χ0v) is 11.9. The number of nitrogens with one attached hydrogen (secondary N) is 1. The van der Waals surface area contributed by atoms with E-state index in [1.54, 1.807) is 17.9 Å². The minimum absolute atomic E-state index is 0.128. The van der Waals surface area contributed by atoms with Gasteiger partial charge in [-0.05, 0) is 0 Å². The number of nitrogens with zero attached hydrogens (tertiary/aromatic N) is 4. The Kier molecular flexibility index (Phi) is 5.21. The van der Waals surface area contributed by atoms with Crippen LogP contribution in [-0.4, -0.2) is 82.8 Å². The Bertz CT molecular complexity index is 621. The van der Waals surface area contributed by atoms with Crippen LogP contribution in [0.15, 0.2) is 12.5 Å². The van der Waals surface area contributed by atoms with Gasteiger partial charge in [-0.1, -0.05) is 0 Å². The van der Waals surface area contributed by atoms with Crippen LogP contribution >= 0.6 is 0 Å². The summed E-state index contributed by atoms with van der Waals surface area (Å²) in [5, 5.41) is 54.6. The second kappa shape index (κ2) is 6.94. The van der Waals surface area contributed by atoms with Gasteiger partial charge in [-0.3, -0.25) is 4.68 Å². The number of hydrogen-bond acceptors (Lipinski definition) is 9. The normalized spacial score (nSPS) is 17.2. The molecule has 2 aromatic heterocycles. The molecule has 10 nitrogen and oxygen atoms in total. The predicted octanol–water partition coefficient (Wildman–Crippen LogP) is -2.79. The van der Waals surface area contributed by atoms with Crippen LogP contribution in [0.5, 0.6) is 0 Å². The van der Waals surface area contributed by atoms with E-state index in [0.29, 0.717) is 16.9 Å². The van der Waals surface area contributed by atoms with Crippen molar-refractivity contribution in [1.29, 1.82) is 0 Å². The van der Waals surface area contributed by atoms with Crippen LogP contribution in [0, 0.1) is 0 Å². The number of aromatic nitrogens is 4. The molecule has 6 N–H and O–H groups in total. The highest BCUT2D eigenvalue weighted by molar-refractivity contribution is 5.85. The van der Waals surface area contributed by atoms with Crippen molar-refractivity contribution in [3.63, 3.8) is 0 Å². The summed E-state index contributed by atoms with van der Waals surface area (Å²) in [5.74, 6) is 0.418. The number of aliphatic hydroxyl groups is 5. The number of hydrogen-bond donors (Lipinski definition) is 6. The largest absolute Gasteiger partial charge is 0.394 e. The molecule has 122 valence electrons. The van der Waals surface area contributed by atoms with Crippen molar-refractivity contribution in [2.24, 2.45) is 7.05 Å². The predicted molar refractivity (Wildman–Crippen MR) is 75.9 cm³/mol. The molecule has 0 aliphatic carbocycles. The summed E-state index contributed by atoms with van der Waals surface area (Å²) in [6.45, 7) is -0.849.